The summed E-state index contributed by atoms with van der Waals surface area (Å²) >= 11 is 6.15. The first kappa shape index (κ1) is 11.4. The van der Waals surface area contributed by atoms with E-state index in [1.165, 1.54) is 0 Å². The molecule has 1 unspecified atom stereocenters. The van der Waals surface area contributed by atoms with Gasteiger partial charge in [0, 0.05) is 19.2 Å². The molecule has 0 saturated carbocycles. The molecule has 5 heteroatoms. The van der Waals surface area contributed by atoms with Crippen molar-refractivity contribution in [2.75, 3.05) is 13.7 Å². The summed E-state index contributed by atoms with van der Waals surface area (Å²) in [4.78, 5) is 4.17. The topological polar surface area (TPSA) is 39.4 Å². The molecule has 0 radical (unpaired) electrons. The first-order valence-corrected chi connectivity index (χ1v) is 5.56. The number of hydrogen-bond acceptors (Lipinski definition) is 3. The lowest BCUT2D eigenvalue weighted by Gasteiger charge is -2.10. The Morgan fingerprint density at radius 2 is 2.31 bits per heavy atom. The van der Waals surface area contributed by atoms with E-state index >= 15 is 0 Å². The molecule has 0 aliphatic rings. The highest BCUT2D eigenvalue weighted by Gasteiger charge is 2.10. The molecule has 0 aromatic carbocycles. The van der Waals surface area contributed by atoms with Gasteiger partial charge in [0.1, 0.15) is 6.33 Å². The molecule has 2 rings (SSSR count). The molecular formula is C11H14ClN3O. The van der Waals surface area contributed by atoms with Crippen molar-refractivity contribution in [2.45, 2.75) is 18.7 Å². The highest BCUT2D eigenvalue weighted by Crippen LogP contribution is 2.13. The van der Waals surface area contributed by atoms with Gasteiger partial charge in [0.15, 0.2) is 5.65 Å². The molecule has 4 nitrogen and oxygen atoms in total. The molecule has 1 atom stereocenters. The number of fused-ring (bicyclic) bond motifs is 1. The minimum absolute atomic E-state index is 0.0424. The van der Waals surface area contributed by atoms with Crippen molar-refractivity contribution in [3.63, 3.8) is 0 Å². The standard InChI is InChI=1S/C11H14ClN3O/c1-8-3-10(5-9(12)6-16-2)15-11(4-8)13-7-14-15/h3-4,7,9H,5-6H2,1-2H3. The molecule has 16 heavy (non-hydrogen) atoms. The predicted octanol–water partition coefficient (Wildman–Crippen LogP) is 1.83. The fourth-order valence-corrected chi connectivity index (χ4v) is 2.04. The number of nitrogens with zero attached hydrogens (tertiary/aromatic N) is 3. The number of pyridine rings is 1. The summed E-state index contributed by atoms with van der Waals surface area (Å²) in [5, 5.41) is 4.14. The maximum Gasteiger partial charge on any atom is 0.155 e. The van der Waals surface area contributed by atoms with Gasteiger partial charge in [-0.25, -0.2) is 9.50 Å². The lowest BCUT2D eigenvalue weighted by atomic mass is 10.1. The monoisotopic (exact) mass is 239 g/mol. The van der Waals surface area contributed by atoms with Gasteiger partial charge in [0.05, 0.1) is 12.0 Å². The van der Waals surface area contributed by atoms with Gasteiger partial charge in [-0.3, -0.25) is 0 Å². The van der Waals surface area contributed by atoms with Crippen LogP contribution in [0, 0.1) is 6.92 Å². The van der Waals surface area contributed by atoms with Gasteiger partial charge in [-0.15, -0.1) is 11.6 Å². The zero-order chi connectivity index (χ0) is 11.5. The normalized spacial score (nSPS) is 13.2. The van der Waals surface area contributed by atoms with E-state index in [0.717, 1.165) is 23.3 Å². The maximum atomic E-state index is 6.15. The molecule has 2 aromatic heterocycles. The van der Waals surface area contributed by atoms with E-state index in [-0.39, 0.29) is 5.38 Å². The third-order valence-electron chi connectivity index (χ3n) is 2.38. The summed E-state index contributed by atoms with van der Waals surface area (Å²) in [7, 11) is 1.65. The van der Waals surface area contributed by atoms with Gasteiger partial charge in [0.2, 0.25) is 0 Å². The summed E-state index contributed by atoms with van der Waals surface area (Å²) in [5.41, 5.74) is 3.08. The second kappa shape index (κ2) is 4.80. The number of aryl methyl sites for hydroxylation is 1. The van der Waals surface area contributed by atoms with E-state index < -0.39 is 0 Å². The van der Waals surface area contributed by atoms with E-state index in [1.54, 1.807) is 13.4 Å². The number of methoxy groups -OCH3 is 1. The Balaban J connectivity index is 2.31. The van der Waals surface area contributed by atoms with Crippen molar-refractivity contribution in [3.8, 4) is 0 Å². The largest absolute Gasteiger partial charge is 0.383 e. The van der Waals surface area contributed by atoms with Gasteiger partial charge < -0.3 is 4.74 Å². The minimum Gasteiger partial charge on any atom is -0.383 e. The molecular weight excluding hydrogens is 226 g/mol. The molecule has 2 heterocycles. The first-order chi connectivity index (χ1) is 7.70. The molecule has 0 spiro atoms. The lowest BCUT2D eigenvalue weighted by molar-refractivity contribution is 0.197. The molecule has 86 valence electrons. The van der Waals surface area contributed by atoms with Crippen LogP contribution in [0.15, 0.2) is 18.5 Å². The SMILES string of the molecule is COCC(Cl)Cc1cc(C)cc2ncnn12. The minimum atomic E-state index is -0.0424. The summed E-state index contributed by atoms with van der Waals surface area (Å²) in [6, 6.07) is 4.07. The summed E-state index contributed by atoms with van der Waals surface area (Å²) in [6.07, 6.45) is 2.27. The van der Waals surface area contributed by atoms with E-state index in [4.69, 9.17) is 16.3 Å². The smallest absolute Gasteiger partial charge is 0.155 e. The van der Waals surface area contributed by atoms with E-state index in [1.807, 2.05) is 17.5 Å². The number of ether oxygens (including phenoxy) is 1. The first-order valence-electron chi connectivity index (χ1n) is 5.13. The van der Waals surface area contributed by atoms with Crippen LogP contribution in [0.25, 0.3) is 5.65 Å². The molecule has 0 saturated heterocycles. The Labute approximate surface area is 99.2 Å². The van der Waals surface area contributed by atoms with Crippen molar-refractivity contribution >= 4 is 17.2 Å². The predicted molar refractivity (Wildman–Crippen MR) is 62.9 cm³/mol. The van der Waals surface area contributed by atoms with E-state index in [9.17, 15) is 0 Å². The second-order valence-corrected chi connectivity index (χ2v) is 4.43. The van der Waals surface area contributed by atoms with Gasteiger partial charge >= 0.3 is 0 Å². The Morgan fingerprint density at radius 3 is 3.06 bits per heavy atom. The Hall–Kier alpha value is -1.13. The van der Waals surface area contributed by atoms with Crippen molar-refractivity contribution in [1.29, 1.82) is 0 Å². The number of rotatable bonds is 4. The molecule has 0 aliphatic heterocycles. The fraction of sp³-hybridized carbons (Fsp3) is 0.455. The number of hydrogen-bond donors (Lipinski definition) is 0. The maximum absolute atomic E-state index is 6.15. The summed E-state index contributed by atoms with van der Waals surface area (Å²) < 4.78 is 6.84. The molecule has 0 fully saturated rings. The van der Waals surface area contributed by atoms with Crippen molar-refractivity contribution in [1.82, 2.24) is 14.6 Å². The van der Waals surface area contributed by atoms with E-state index in [0.29, 0.717) is 6.61 Å². The van der Waals surface area contributed by atoms with Crippen molar-refractivity contribution in [3.05, 3.63) is 29.7 Å². The zero-order valence-corrected chi connectivity index (χ0v) is 10.1. The quantitative estimate of drug-likeness (QED) is 0.765. The van der Waals surface area contributed by atoms with Crippen LogP contribution in [-0.4, -0.2) is 33.7 Å². The van der Waals surface area contributed by atoms with Crippen LogP contribution in [0.5, 0.6) is 0 Å². The van der Waals surface area contributed by atoms with Crippen LogP contribution in [0.2, 0.25) is 0 Å². The van der Waals surface area contributed by atoms with Crippen molar-refractivity contribution in [2.24, 2.45) is 0 Å². The summed E-state index contributed by atoms with van der Waals surface area (Å²) in [6.45, 7) is 2.57. The highest BCUT2D eigenvalue weighted by molar-refractivity contribution is 6.20. The lowest BCUT2D eigenvalue weighted by Crippen LogP contribution is -2.13. The molecule has 0 N–H and O–H groups in total. The number of halogens is 1. The van der Waals surface area contributed by atoms with Crippen LogP contribution in [0.3, 0.4) is 0 Å². The van der Waals surface area contributed by atoms with Gasteiger partial charge in [-0.2, -0.15) is 5.10 Å². The summed E-state index contributed by atoms with van der Waals surface area (Å²) in [5.74, 6) is 0. The molecule has 2 aromatic rings. The van der Waals surface area contributed by atoms with E-state index in [2.05, 4.69) is 16.1 Å². The van der Waals surface area contributed by atoms with Crippen molar-refractivity contribution < 1.29 is 4.74 Å². The molecule has 0 amide bonds. The average Bonchev–Trinajstić information content (AvgIpc) is 2.65. The average molecular weight is 240 g/mol. The third-order valence-corrected chi connectivity index (χ3v) is 2.66. The second-order valence-electron chi connectivity index (χ2n) is 3.81. The van der Waals surface area contributed by atoms with Crippen LogP contribution in [0.4, 0.5) is 0 Å². The Kier molecular flexibility index (Phi) is 3.41. The Morgan fingerprint density at radius 1 is 1.50 bits per heavy atom. The fourth-order valence-electron chi connectivity index (χ4n) is 1.75. The van der Waals surface area contributed by atoms with Crippen LogP contribution < -0.4 is 0 Å². The molecule has 0 bridgehead atoms. The highest BCUT2D eigenvalue weighted by atomic mass is 35.5. The van der Waals surface area contributed by atoms with Gasteiger partial charge in [0.25, 0.3) is 0 Å². The third kappa shape index (κ3) is 2.33. The molecule has 0 aliphatic carbocycles. The zero-order valence-electron chi connectivity index (χ0n) is 9.35. The van der Waals surface area contributed by atoms with Gasteiger partial charge in [-0.05, 0) is 24.6 Å². The van der Waals surface area contributed by atoms with Crippen LogP contribution in [-0.2, 0) is 11.2 Å². The number of alkyl halides is 1. The number of aromatic nitrogens is 3. The van der Waals surface area contributed by atoms with Crippen LogP contribution in [0.1, 0.15) is 11.3 Å². The van der Waals surface area contributed by atoms with Crippen LogP contribution >= 0.6 is 11.6 Å². The Bertz CT molecular complexity index is 483. The van der Waals surface area contributed by atoms with Gasteiger partial charge in [-0.1, -0.05) is 0 Å².